The predicted molar refractivity (Wildman–Crippen MR) is 112 cm³/mol. The molecule has 5 aromatic rings. The molecule has 11 heteroatoms. The Morgan fingerprint density at radius 1 is 1.22 bits per heavy atom. The van der Waals surface area contributed by atoms with Gasteiger partial charge in [-0.3, -0.25) is 9.48 Å². The predicted octanol–water partition coefficient (Wildman–Crippen LogP) is 1.94. The van der Waals surface area contributed by atoms with Gasteiger partial charge in [0.1, 0.15) is 11.7 Å². The molecule has 0 spiro atoms. The molecule has 1 amide bonds. The summed E-state index contributed by atoms with van der Waals surface area (Å²) in [6.07, 6.45) is 6.02. The first-order valence-electron chi connectivity index (χ1n) is 10.2. The normalized spacial score (nSPS) is 15.9. The Morgan fingerprint density at radius 3 is 2.97 bits per heavy atom. The number of hydrogen-bond acceptors (Lipinski definition) is 7. The number of nitrogens with one attached hydrogen (secondary N) is 1. The number of aromatic amines is 1. The van der Waals surface area contributed by atoms with Gasteiger partial charge in [0.25, 0.3) is 5.89 Å². The molecule has 1 atom stereocenters. The maximum absolute atomic E-state index is 13.5. The van der Waals surface area contributed by atoms with Gasteiger partial charge in [-0.1, -0.05) is 6.07 Å². The van der Waals surface area contributed by atoms with E-state index in [-0.39, 0.29) is 17.7 Å². The van der Waals surface area contributed by atoms with E-state index in [1.165, 1.54) is 0 Å². The van der Waals surface area contributed by atoms with Crippen LogP contribution >= 0.6 is 0 Å². The van der Waals surface area contributed by atoms with Gasteiger partial charge < -0.3 is 14.3 Å². The highest BCUT2D eigenvalue weighted by molar-refractivity contribution is 5.90. The molecule has 5 aromatic heterocycles. The van der Waals surface area contributed by atoms with E-state index in [1.807, 2.05) is 35.8 Å². The topological polar surface area (TPSA) is 123 Å². The number of hydrogen-bond donors (Lipinski definition) is 1. The van der Waals surface area contributed by atoms with Crippen LogP contribution < -0.4 is 0 Å². The molecule has 11 nitrogen and oxygen atoms in total. The van der Waals surface area contributed by atoms with Crippen LogP contribution in [0, 0.1) is 6.92 Å². The molecule has 0 fully saturated rings. The van der Waals surface area contributed by atoms with Crippen LogP contribution in [-0.4, -0.2) is 56.9 Å². The van der Waals surface area contributed by atoms with Crippen molar-refractivity contribution in [3.63, 3.8) is 0 Å². The van der Waals surface area contributed by atoms with Crippen LogP contribution in [0.2, 0.25) is 0 Å². The van der Waals surface area contributed by atoms with Crippen molar-refractivity contribution >= 4 is 11.4 Å². The van der Waals surface area contributed by atoms with E-state index >= 15 is 0 Å². The van der Waals surface area contributed by atoms with Crippen LogP contribution in [0.1, 0.15) is 39.4 Å². The molecule has 1 aliphatic rings. The van der Waals surface area contributed by atoms with Gasteiger partial charge in [0.2, 0.25) is 0 Å². The van der Waals surface area contributed by atoms with Crippen LogP contribution in [0.15, 0.2) is 47.4 Å². The fourth-order valence-electron chi connectivity index (χ4n) is 4.10. The summed E-state index contributed by atoms with van der Waals surface area (Å²) in [5.41, 5.74) is 5.04. The van der Waals surface area contributed by atoms with Crippen LogP contribution in [0.25, 0.3) is 17.1 Å². The van der Waals surface area contributed by atoms with Crippen molar-refractivity contribution in [1.82, 2.24) is 44.5 Å². The fourth-order valence-corrected chi connectivity index (χ4v) is 4.10. The van der Waals surface area contributed by atoms with Gasteiger partial charge in [-0.25, -0.2) is 9.50 Å². The number of aromatic nitrogens is 8. The SMILES string of the molecule is Cc1ccc2cc([C@@H]3c4nc[nH]c4CCN3C(=O)c3nnc(-c4ccn(C)n4)o3)nn2c1. The van der Waals surface area contributed by atoms with Gasteiger partial charge in [-0.2, -0.15) is 10.2 Å². The zero-order valence-corrected chi connectivity index (χ0v) is 17.4. The lowest BCUT2D eigenvalue weighted by molar-refractivity contribution is 0.0646. The third-order valence-electron chi connectivity index (χ3n) is 5.63. The molecule has 1 aliphatic heterocycles. The Kier molecular flexibility index (Phi) is 3.97. The molecule has 0 unspecified atom stereocenters. The Morgan fingerprint density at radius 2 is 2.12 bits per heavy atom. The molecule has 0 saturated heterocycles. The highest BCUT2D eigenvalue weighted by atomic mass is 16.4. The number of imidazole rings is 1. The summed E-state index contributed by atoms with van der Waals surface area (Å²) < 4.78 is 9.13. The molecule has 0 aliphatic carbocycles. The Bertz CT molecular complexity index is 1460. The van der Waals surface area contributed by atoms with Crippen LogP contribution in [0.4, 0.5) is 0 Å². The lowest BCUT2D eigenvalue weighted by atomic mass is 9.99. The van der Waals surface area contributed by atoms with E-state index in [2.05, 4.69) is 25.3 Å². The molecule has 1 N–H and O–H groups in total. The van der Waals surface area contributed by atoms with E-state index in [9.17, 15) is 4.79 Å². The summed E-state index contributed by atoms with van der Waals surface area (Å²) in [6, 6.07) is 7.29. The summed E-state index contributed by atoms with van der Waals surface area (Å²) in [5, 5.41) is 17.0. The zero-order chi connectivity index (χ0) is 21.8. The average Bonchev–Trinajstić information content (AvgIpc) is 3.57. The summed E-state index contributed by atoms with van der Waals surface area (Å²) >= 11 is 0. The first kappa shape index (κ1) is 18.5. The fraction of sp³-hybridized carbons (Fsp3) is 0.238. The summed E-state index contributed by atoms with van der Waals surface area (Å²) in [6.45, 7) is 2.48. The van der Waals surface area contributed by atoms with E-state index in [4.69, 9.17) is 9.52 Å². The van der Waals surface area contributed by atoms with Crippen LogP contribution in [-0.2, 0) is 13.5 Å². The largest absolute Gasteiger partial charge is 0.411 e. The van der Waals surface area contributed by atoms with Crippen molar-refractivity contribution in [2.75, 3.05) is 6.54 Å². The number of fused-ring (bicyclic) bond motifs is 2. The molecule has 6 rings (SSSR count). The molecule has 0 aromatic carbocycles. The van der Waals surface area contributed by atoms with Gasteiger partial charge in [0.05, 0.1) is 23.2 Å². The molecular weight excluding hydrogens is 410 g/mol. The minimum absolute atomic E-state index is 0.0887. The lowest BCUT2D eigenvalue weighted by Gasteiger charge is -2.32. The third kappa shape index (κ3) is 2.89. The Hall–Kier alpha value is -4.28. The molecule has 0 bridgehead atoms. The van der Waals surface area contributed by atoms with Gasteiger partial charge in [0.15, 0.2) is 0 Å². The van der Waals surface area contributed by atoms with Crippen molar-refractivity contribution < 1.29 is 9.21 Å². The maximum atomic E-state index is 13.5. The quantitative estimate of drug-likeness (QED) is 0.465. The molecule has 0 radical (unpaired) electrons. The Labute approximate surface area is 181 Å². The second-order valence-corrected chi connectivity index (χ2v) is 7.85. The number of nitrogens with zero attached hydrogens (tertiary/aromatic N) is 8. The minimum Gasteiger partial charge on any atom is -0.411 e. The van der Waals surface area contributed by atoms with Crippen molar-refractivity contribution in [1.29, 1.82) is 0 Å². The van der Waals surface area contributed by atoms with E-state index in [0.717, 1.165) is 28.2 Å². The van der Waals surface area contributed by atoms with Crippen molar-refractivity contribution in [2.24, 2.45) is 7.05 Å². The molecular formula is C21H19N9O2. The molecule has 160 valence electrons. The first-order valence-corrected chi connectivity index (χ1v) is 10.2. The van der Waals surface area contributed by atoms with Gasteiger partial charge in [-0.05, 0) is 30.7 Å². The molecule has 6 heterocycles. The second-order valence-electron chi connectivity index (χ2n) is 7.85. The summed E-state index contributed by atoms with van der Waals surface area (Å²) in [7, 11) is 1.79. The number of pyridine rings is 1. The monoisotopic (exact) mass is 429 g/mol. The van der Waals surface area contributed by atoms with E-state index in [0.29, 0.717) is 18.7 Å². The van der Waals surface area contributed by atoms with Crippen LogP contribution in [0.3, 0.4) is 0 Å². The van der Waals surface area contributed by atoms with Crippen LogP contribution in [0.5, 0.6) is 0 Å². The standard InChI is InChI=1S/C21H19N9O2/c1-12-3-4-13-9-16(27-30(13)10-12)18-17-14(22-11-23-17)6-8-29(18)21(31)20-25-24-19(32-20)15-5-7-28(2)26-15/h3-5,7,9-11,18H,6,8H2,1-2H3,(H,22,23)/t18-/m1/s1. The van der Waals surface area contributed by atoms with Gasteiger partial charge in [0, 0.05) is 38.1 Å². The van der Waals surface area contributed by atoms with Crippen molar-refractivity contribution in [3.8, 4) is 11.6 Å². The number of carbonyl (C=O) groups excluding carboxylic acids is 1. The van der Waals surface area contributed by atoms with Gasteiger partial charge in [-0.15, -0.1) is 10.2 Å². The Balaban J connectivity index is 1.40. The van der Waals surface area contributed by atoms with Crippen molar-refractivity contribution in [3.05, 3.63) is 71.5 Å². The summed E-state index contributed by atoms with van der Waals surface area (Å²) in [5.74, 6) is -0.257. The maximum Gasteiger partial charge on any atom is 0.312 e. The number of carbonyl (C=O) groups is 1. The second kappa shape index (κ2) is 6.87. The third-order valence-corrected chi connectivity index (χ3v) is 5.63. The summed E-state index contributed by atoms with van der Waals surface area (Å²) in [4.78, 5) is 22.8. The lowest BCUT2D eigenvalue weighted by Crippen LogP contribution is -2.41. The number of rotatable bonds is 3. The van der Waals surface area contributed by atoms with Crippen molar-refractivity contribution in [2.45, 2.75) is 19.4 Å². The van der Waals surface area contributed by atoms with E-state index in [1.54, 1.807) is 35.2 Å². The average molecular weight is 429 g/mol. The number of H-pyrrole nitrogens is 1. The highest BCUT2D eigenvalue weighted by Gasteiger charge is 2.38. The number of amides is 1. The minimum atomic E-state index is -0.470. The van der Waals surface area contributed by atoms with Gasteiger partial charge >= 0.3 is 11.8 Å². The molecule has 0 saturated carbocycles. The first-order chi connectivity index (χ1) is 15.6. The smallest absolute Gasteiger partial charge is 0.312 e. The number of aryl methyl sites for hydroxylation is 2. The zero-order valence-electron chi connectivity index (χ0n) is 17.4. The highest BCUT2D eigenvalue weighted by Crippen LogP contribution is 2.34. The molecule has 32 heavy (non-hydrogen) atoms. The van der Waals surface area contributed by atoms with E-state index < -0.39 is 6.04 Å².